The van der Waals surface area contributed by atoms with Crippen molar-refractivity contribution in [2.75, 3.05) is 11.9 Å². The maximum Gasteiger partial charge on any atom is 0.143 e. The second-order valence-electron chi connectivity index (χ2n) is 5.61. The largest absolute Gasteiger partial charge is 0.492 e. The fraction of sp³-hybridized carbons (Fsp3) is 0.100. The second-order valence-corrected chi connectivity index (χ2v) is 6.47. The van der Waals surface area contributed by atoms with Gasteiger partial charge in [-0.15, -0.1) is 11.3 Å². The molecule has 0 atom stereocenters. The van der Waals surface area contributed by atoms with Crippen LogP contribution in [0.1, 0.15) is 6.92 Å². The van der Waals surface area contributed by atoms with Crippen LogP contribution in [0.5, 0.6) is 5.75 Å². The normalized spacial score (nSPS) is 10.8. The first kappa shape index (κ1) is 16.5. The van der Waals surface area contributed by atoms with Crippen molar-refractivity contribution in [2.45, 2.75) is 6.92 Å². The van der Waals surface area contributed by atoms with E-state index in [-0.39, 0.29) is 5.82 Å². The summed E-state index contributed by atoms with van der Waals surface area (Å²) in [7, 11) is 0. The molecule has 6 heteroatoms. The number of para-hydroxylation sites is 2. The Morgan fingerprint density at radius 3 is 2.69 bits per heavy atom. The zero-order chi connectivity index (χ0) is 17.9. The Kier molecular flexibility index (Phi) is 4.50. The molecule has 0 fully saturated rings. The van der Waals surface area contributed by atoms with Gasteiger partial charge in [-0.2, -0.15) is 0 Å². The highest BCUT2D eigenvalue weighted by Gasteiger charge is 2.14. The van der Waals surface area contributed by atoms with Gasteiger partial charge in [0.2, 0.25) is 0 Å². The van der Waals surface area contributed by atoms with E-state index < -0.39 is 0 Å². The predicted molar refractivity (Wildman–Crippen MR) is 104 cm³/mol. The molecule has 0 unspecified atom stereocenters. The average molecular weight is 365 g/mol. The first-order valence-corrected chi connectivity index (χ1v) is 9.11. The molecular formula is C20H16FN3OS. The zero-order valence-corrected chi connectivity index (χ0v) is 14.9. The van der Waals surface area contributed by atoms with Crippen LogP contribution in [0.4, 0.5) is 15.9 Å². The van der Waals surface area contributed by atoms with E-state index in [0.29, 0.717) is 12.4 Å². The molecule has 0 amide bonds. The van der Waals surface area contributed by atoms with Crippen molar-refractivity contribution in [3.8, 4) is 16.9 Å². The molecule has 2 heterocycles. The van der Waals surface area contributed by atoms with Crippen LogP contribution in [0.15, 0.2) is 60.2 Å². The van der Waals surface area contributed by atoms with E-state index in [4.69, 9.17) is 4.74 Å². The van der Waals surface area contributed by atoms with Crippen molar-refractivity contribution in [3.63, 3.8) is 0 Å². The van der Waals surface area contributed by atoms with Crippen LogP contribution in [0.3, 0.4) is 0 Å². The molecule has 0 radical (unpaired) electrons. The minimum absolute atomic E-state index is 0.256. The molecule has 130 valence electrons. The Balaban J connectivity index is 1.81. The number of hydrogen-bond donors (Lipinski definition) is 1. The number of ether oxygens (including phenoxy) is 1. The topological polar surface area (TPSA) is 47.0 Å². The van der Waals surface area contributed by atoms with E-state index in [1.165, 1.54) is 23.5 Å². The summed E-state index contributed by atoms with van der Waals surface area (Å²) in [5, 5.41) is 6.30. The number of hydrogen-bond acceptors (Lipinski definition) is 5. The van der Waals surface area contributed by atoms with Gasteiger partial charge in [-0.1, -0.05) is 24.3 Å². The van der Waals surface area contributed by atoms with Crippen LogP contribution in [0, 0.1) is 5.82 Å². The fourth-order valence-corrected chi connectivity index (χ4v) is 3.71. The van der Waals surface area contributed by atoms with Crippen LogP contribution in [0.25, 0.3) is 21.3 Å². The lowest BCUT2D eigenvalue weighted by Crippen LogP contribution is -2.00. The molecule has 26 heavy (non-hydrogen) atoms. The summed E-state index contributed by atoms with van der Waals surface area (Å²) in [6.07, 6.45) is 1.54. The van der Waals surface area contributed by atoms with Crippen LogP contribution >= 0.6 is 11.3 Å². The molecule has 0 aliphatic rings. The number of nitrogens with zero attached hydrogens (tertiary/aromatic N) is 2. The van der Waals surface area contributed by atoms with Gasteiger partial charge in [-0.05, 0) is 36.8 Å². The van der Waals surface area contributed by atoms with Crippen LogP contribution in [-0.2, 0) is 0 Å². The van der Waals surface area contributed by atoms with Gasteiger partial charge in [-0.3, -0.25) is 0 Å². The Morgan fingerprint density at radius 1 is 1.08 bits per heavy atom. The quantitative estimate of drug-likeness (QED) is 0.497. The number of fused-ring (bicyclic) bond motifs is 1. The van der Waals surface area contributed by atoms with Gasteiger partial charge in [0.1, 0.15) is 28.5 Å². The molecule has 2 aromatic carbocycles. The smallest absolute Gasteiger partial charge is 0.143 e. The zero-order valence-electron chi connectivity index (χ0n) is 14.1. The number of benzene rings is 2. The molecule has 0 spiro atoms. The number of thiophene rings is 1. The molecule has 0 saturated heterocycles. The monoisotopic (exact) mass is 365 g/mol. The number of halogens is 1. The Hall–Kier alpha value is -2.99. The van der Waals surface area contributed by atoms with Crippen molar-refractivity contribution in [1.82, 2.24) is 9.97 Å². The predicted octanol–water partition coefficient (Wildman–Crippen LogP) is 5.64. The summed E-state index contributed by atoms with van der Waals surface area (Å²) in [6, 6.07) is 14.2. The van der Waals surface area contributed by atoms with E-state index >= 15 is 0 Å². The molecule has 4 nitrogen and oxygen atoms in total. The third-order valence-corrected chi connectivity index (χ3v) is 4.85. The number of nitrogens with one attached hydrogen (secondary N) is 1. The van der Waals surface area contributed by atoms with Gasteiger partial charge in [0.25, 0.3) is 0 Å². The number of rotatable bonds is 5. The summed E-state index contributed by atoms with van der Waals surface area (Å²) in [5.74, 6) is 1.21. The first-order valence-electron chi connectivity index (χ1n) is 8.23. The van der Waals surface area contributed by atoms with Gasteiger partial charge in [0.15, 0.2) is 0 Å². The third kappa shape index (κ3) is 3.11. The number of aromatic nitrogens is 2. The van der Waals surface area contributed by atoms with Crippen molar-refractivity contribution in [3.05, 3.63) is 66.1 Å². The van der Waals surface area contributed by atoms with Gasteiger partial charge in [-0.25, -0.2) is 14.4 Å². The van der Waals surface area contributed by atoms with Gasteiger partial charge in [0, 0.05) is 10.9 Å². The Morgan fingerprint density at radius 2 is 1.88 bits per heavy atom. The van der Waals surface area contributed by atoms with E-state index in [1.54, 1.807) is 18.5 Å². The van der Waals surface area contributed by atoms with Crippen LogP contribution in [-0.4, -0.2) is 16.6 Å². The lowest BCUT2D eigenvalue weighted by atomic mass is 10.1. The molecule has 0 aliphatic carbocycles. The summed E-state index contributed by atoms with van der Waals surface area (Å²) in [4.78, 5) is 9.67. The first-order chi connectivity index (χ1) is 12.8. The molecule has 1 N–H and O–H groups in total. The summed E-state index contributed by atoms with van der Waals surface area (Å²) in [6.45, 7) is 2.53. The van der Waals surface area contributed by atoms with E-state index in [2.05, 4.69) is 15.3 Å². The highest BCUT2D eigenvalue weighted by molar-refractivity contribution is 7.17. The minimum Gasteiger partial charge on any atom is -0.492 e. The van der Waals surface area contributed by atoms with Crippen molar-refractivity contribution >= 4 is 33.1 Å². The molecule has 4 rings (SSSR count). The maximum atomic E-state index is 13.3. The summed E-state index contributed by atoms with van der Waals surface area (Å²) >= 11 is 1.54. The van der Waals surface area contributed by atoms with E-state index in [1.807, 2.05) is 36.6 Å². The van der Waals surface area contributed by atoms with Crippen molar-refractivity contribution in [1.29, 1.82) is 0 Å². The summed E-state index contributed by atoms with van der Waals surface area (Å²) in [5.41, 5.74) is 2.74. The second kappa shape index (κ2) is 7.09. The van der Waals surface area contributed by atoms with Crippen molar-refractivity contribution < 1.29 is 9.13 Å². The SMILES string of the molecule is CCOc1ccccc1Nc1ncnc2scc(-c3ccc(F)cc3)c12. The van der Waals surface area contributed by atoms with Gasteiger partial charge >= 0.3 is 0 Å². The molecule has 2 aromatic heterocycles. The lowest BCUT2D eigenvalue weighted by Gasteiger charge is -2.12. The highest BCUT2D eigenvalue weighted by Crippen LogP contribution is 2.38. The highest BCUT2D eigenvalue weighted by atomic mass is 32.1. The minimum atomic E-state index is -0.256. The van der Waals surface area contributed by atoms with Gasteiger partial charge < -0.3 is 10.1 Å². The van der Waals surface area contributed by atoms with E-state index in [9.17, 15) is 4.39 Å². The molecule has 0 saturated carbocycles. The fourth-order valence-electron chi connectivity index (χ4n) is 2.79. The molecule has 4 aromatic rings. The van der Waals surface area contributed by atoms with E-state index in [0.717, 1.165) is 32.8 Å². The summed E-state index contributed by atoms with van der Waals surface area (Å²) < 4.78 is 19.0. The number of anilines is 2. The standard InChI is InChI=1S/C20H16FN3OS/c1-2-25-17-6-4-3-5-16(17)24-19-18-15(11-26-20(18)23-12-22-19)13-7-9-14(21)10-8-13/h3-12H,2H2,1H3,(H,22,23,24). The Bertz CT molecular complexity index is 1050. The maximum absolute atomic E-state index is 13.3. The molecule has 0 aliphatic heterocycles. The van der Waals surface area contributed by atoms with Gasteiger partial charge in [0.05, 0.1) is 17.7 Å². The van der Waals surface area contributed by atoms with Crippen LogP contribution in [0.2, 0.25) is 0 Å². The Labute approximate surface area is 154 Å². The molecular weight excluding hydrogens is 349 g/mol. The van der Waals surface area contributed by atoms with Crippen molar-refractivity contribution in [2.24, 2.45) is 0 Å². The third-order valence-electron chi connectivity index (χ3n) is 3.97. The average Bonchev–Trinajstić information content (AvgIpc) is 3.09. The lowest BCUT2D eigenvalue weighted by molar-refractivity contribution is 0.342. The molecule has 0 bridgehead atoms. The van der Waals surface area contributed by atoms with Crippen LogP contribution < -0.4 is 10.1 Å².